The number of amides is 1. The lowest BCUT2D eigenvalue weighted by atomic mass is 10.2. The van der Waals surface area contributed by atoms with Crippen LogP contribution in [-0.4, -0.2) is 23.9 Å². The molecule has 1 aliphatic heterocycles. The Labute approximate surface area is 115 Å². The Morgan fingerprint density at radius 3 is 2.78 bits per heavy atom. The molecule has 0 radical (unpaired) electrons. The third-order valence-electron chi connectivity index (χ3n) is 3.37. The Bertz CT molecular complexity index is 614. The van der Waals surface area contributed by atoms with E-state index in [1.807, 2.05) is 17.0 Å². The van der Waals surface area contributed by atoms with Crippen molar-refractivity contribution in [2.75, 3.05) is 13.1 Å². The number of carbonyl (C=O) groups is 1. The lowest BCUT2D eigenvalue weighted by Crippen LogP contribution is -2.26. The molecule has 1 aromatic carbocycles. The lowest BCUT2D eigenvalue weighted by molar-refractivity contribution is 0.0798. The number of benzene rings is 1. The molecule has 94 valence electrons. The maximum absolute atomic E-state index is 12.4. The van der Waals surface area contributed by atoms with Crippen molar-refractivity contribution in [3.63, 3.8) is 0 Å². The molecule has 0 saturated carbocycles. The van der Waals surface area contributed by atoms with E-state index in [1.54, 1.807) is 0 Å². The van der Waals surface area contributed by atoms with E-state index in [0.717, 1.165) is 36.0 Å². The van der Waals surface area contributed by atoms with Crippen LogP contribution in [0.4, 0.5) is 0 Å². The molecule has 2 nitrogen and oxygen atoms in total. The van der Waals surface area contributed by atoms with E-state index in [2.05, 4.69) is 13.0 Å². The predicted octanol–water partition coefficient (Wildman–Crippen LogP) is 4.10. The first kappa shape index (κ1) is 12.0. The highest BCUT2D eigenvalue weighted by atomic mass is 35.5. The lowest BCUT2D eigenvalue weighted by Gasteiger charge is -2.13. The summed E-state index contributed by atoms with van der Waals surface area (Å²) in [5.74, 6) is 0.0938. The van der Waals surface area contributed by atoms with Crippen LogP contribution in [-0.2, 0) is 0 Å². The molecule has 0 N–H and O–H groups in total. The third-order valence-corrected chi connectivity index (χ3v) is 5.02. The van der Waals surface area contributed by atoms with Crippen molar-refractivity contribution in [2.24, 2.45) is 0 Å². The van der Waals surface area contributed by atoms with Gasteiger partial charge in [0, 0.05) is 23.2 Å². The van der Waals surface area contributed by atoms with Crippen LogP contribution < -0.4 is 0 Å². The van der Waals surface area contributed by atoms with Gasteiger partial charge in [-0.1, -0.05) is 23.7 Å². The molecule has 1 amide bonds. The van der Waals surface area contributed by atoms with Gasteiger partial charge in [0.25, 0.3) is 5.91 Å². The molecule has 1 aromatic heterocycles. The van der Waals surface area contributed by atoms with Crippen molar-refractivity contribution >= 4 is 38.9 Å². The van der Waals surface area contributed by atoms with Gasteiger partial charge < -0.3 is 4.90 Å². The van der Waals surface area contributed by atoms with Crippen molar-refractivity contribution in [2.45, 2.75) is 19.8 Å². The molecule has 0 atom stereocenters. The topological polar surface area (TPSA) is 20.3 Å². The van der Waals surface area contributed by atoms with Gasteiger partial charge in [-0.15, -0.1) is 11.3 Å². The molecule has 0 spiro atoms. The fourth-order valence-electron chi connectivity index (χ4n) is 2.37. The molecule has 0 aliphatic carbocycles. The smallest absolute Gasteiger partial charge is 0.265 e. The van der Waals surface area contributed by atoms with E-state index in [1.165, 1.54) is 16.9 Å². The van der Waals surface area contributed by atoms with Gasteiger partial charge in [-0.05, 0) is 31.4 Å². The number of hydrogen-bond acceptors (Lipinski definition) is 2. The highest BCUT2D eigenvalue weighted by molar-refractivity contribution is 7.21. The number of nitrogens with zero attached hydrogens (tertiary/aromatic N) is 1. The van der Waals surface area contributed by atoms with E-state index in [-0.39, 0.29) is 5.91 Å². The second kappa shape index (κ2) is 4.56. The Morgan fingerprint density at radius 2 is 2.06 bits per heavy atom. The molecule has 4 heteroatoms. The first-order chi connectivity index (χ1) is 8.66. The fraction of sp³-hybridized carbons (Fsp3) is 0.357. The quantitative estimate of drug-likeness (QED) is 0.770. The van der Waals surface area contributed by atoms with Crippen LogP contribution >= 0.6 is 22.9 Å². The van der Waals surface area contributed by atoms with Crippen LogP contribution in [0.5, 0.6) is 0 Å². The summed E-state index contributed by atoms with van der Waals surface area (Å²) in [4.78, 5) is 15.0. The number of thiophene rings is 1. The van der Waals surface area contributed by atoms with Crippen LogP contribution in [0, 0.1) is 6.92 Å². The third kappa shape index (κ3) is 1.91. The van der Waals surface area contributed by atoms with Crippen LogP contribution in [0.25, 0.3) is 10.1 Å². The minimum Gasteiger partial charge on any atom is -0.338 e. The first-order valence-corrected chi connectivity index (χ1v) is 7.34. The molecule has 2 aromatic rings. The molecule has 18 heavy (non-hydrogen) atoms. The zero-order valence-corrected chi connectivity index (χ0v) is 11.8. The molecule has 2 heterocycles. The van der Waals surface area contributed by atoms with Gasteiger partial charge in [0.1, 0.15) is 4.88 Å². The SMILES string of the molecule is Cc1ccc2c(Cl)c(C(=O)N3CCCC3)sc2c1. The number of rotatable bonds is 1. The van der Waals surface area contributed by atoms with Gasteiger partial charge in [0.05, 0.1) is 5.02 Å². The highest BCUT2D eigenvalue weighted by Gasteiger charge is 2.24. The summed E-state index contributed by atoms with van der Waals surface area (Å²) in [5.41, 5.74) is 1.19. The average Bonchev–Trinajstić information content (AvgIpc) is 2.97. The Hall–Kier alpha value is -1.06. The summed E-state index contributed by atoms with van der Waals surface area (Å²) in [7, 11) is 0. The van der Waals surface area contributed by atoms with Crippen molar-refractivity contribution in [1.29, 1.82) is 0 Å². The summed E-state index contributed by atoms with van der Waals surface area (Å²) in [5, 5.41) is 1.61. The summed E-state index contributed by atoms with van der Waals surface area (Å²) in [6.45, 7) is 3.78. The molecule has 3 rings (SSSR count). The van der Waals surface area contributed by atoms with E-state index in [9.17, 15) is 4.79 Å². The molecule has 1 aliphatic rings. The predicted molar refractivity (Wildman–Crippen MR) is 76.7 cm³/mol. The van der Waals surface area contributed by atoms with E-state index < -0.39 is 0 Å². The van der Waals surface area contributed by atoms with Crippen LogP contribution in [0.15, 0.2) is 18.2 Å². The standard InChI is InChI=1S/C14H14ClNOS/c1-9-4-5-10-11(8-9)18-13(12(10)15)14(17)16-6-2-3-7-16/h4-5,8H,2-3,6-7H2,1H3. The van der Waals surface area contributed by atoms with E-state index >= 15 is 0 Å². The van der Waals surface area contributed by atoms with Crippen molar-refractivity contribution in [3.8, 4) is 0 Å². The molecular formula is C14H14ClNOS. The normalized spacial score (nSPS) is 15.6. The van der Waals surface area contributed by atoms with Crippen molar-refractivity contribution < 1.29 is 4.79 Å². The van der Waals surface area contributed by atoms with Gasteiger partial charge >= 0.3 is 0 Å². The molecule has 0 unspecified atom stereocenters. The van der Waals surface area contributed by atoms with Crippen molar-refractivity contribution in [3.05, 3.63) is 33.7 Å². The minimum absolute atomic E-state index is 0.0938. The average molecular weight is 280 g/mol. The van der Waals surface area contributed by atoms with E-state index in [0.29, 0.717) is 9.90 Å². The summed E-state index contributed by atoms with van der Waals surface area (Å²) < 4.78 is 1.10. The Balaban J connectivity index is 2.06. The number of aryl methyl sites for hydroxylation is 1. The van der Waals surface area contributed by atoms with Crippen LogP contribution in [0.1, 0.15) is 28.1 Å². The molecular weight excluding hydrogens is 266 g/mol. The van der Waals surface area contributed by atoms with Gasteiger partial charge in [0.2, 0.25) is 0 Å². The van der Waals surface area contributed by atoms with Crippen molar-refractivity contribution in [1.82, 2.24) is 4.90 Å². The summed E-state index contributed by atoms with van der Waals surface area (Å²) >= 11 is 7.86. The zero-order chi connectivity index (χ0) is 12.7. The largest absolute Gasteiger partial charge is 0.338 e. The second-order valence-electron chi connectivity index (χ2n) is 4.74. The monoisotopic (exact) mass is 279 g/mol. The molecule has 1 fully saturated rings. The van der Waals surface area contributed by atoms with E-state index in [4.69, 9.17) is 11.6 Å². The number of hydrogen-bond donors (Lipinski definition) is 0. The summed E-state index contributed by atoms with van der Waals surface area (Å²) in [6, 6.07) is 6.13. The molecule has 1 saturated heterocycles. The highest BCUT2D eigenvalue weighted by Crippen LogP contribution is 2.36. The minimum atomic E-state index is 0.0938. The maximum Gasteiger partial charge on any atom is 0.265 e. The fourth-order valence-corrected chi connectivity index (χ4v) is 3.95. The second-order valence-corrected chi connectivity index (χ2v) is 6.17. The molecule has 0 bridgehead atoms. The Kier molecular flexibility index (Phi) is 3.04. The summed E-state index contributed by atoms with van der Waals surface area (Å²) in [6.07, 6.45) is 2.21. The van der Waals surface area contributed by atoms with Gasteiger partial charge in [-0.3, -0.25) is 4.79 Å². The zero-order valence-electron chi connectivity index (χ0n) is 10.2. The number of likely N-dealkylation sites (tertiary alicyclic amines) is 1. The van der Waals surface area contributed by atoms with Gasteiger partial charge in [-0.25, -0.2) is 0 Å². The number of fused-ring (bicyclic) bond motifs is 1. The first-order valence-electron chi connectivity index (χ1n) is 6.15. The van der Waals surface area contributed by atoms with Gasteiger partial charge in [-0.2, -0.15) is 0 Å². The van der Waals surface area contributed by atoms with Gasteiger partial charge in [0.15, 0.2) is 0 Å². The number of halogens is 1. The Morgan fingerprint density at radius 1 is 1.33 bits per heavy atom. The van der Waals surface area contributed by atoms with Crippen LogP contribution in [0.3, 0.4) is 0 Å². The van der Waals surface area contributed by atoms with Crippen LogP contribution in [0.2, 0.25) is 5.02 Å². The maximum atomic E-state index is 12.4. The number of carbonyl (C=O) groups excluding carboxylic acids is 1.